The third kappa shape index (κ3) is 4.50. The van der Waals surface area contributed by atoms with Crippen molar-refractivity contribution in [3.8, 4) is 10.4 Å². The van der Waals surface area contributed by atoms with Gasteiger partial charge in [-0.05, 0) is 76.6 Å². The average molecular weight is 491 g/mol. The van der Waals surface area contributed by atoms with E-state index in [-0.39, 0.29) is 17.9 Å². The molecule has 1 aromatic heterocycles. The molecule has 2 amide bonds. The van der Waals surface area contributed by atoms with Crippen LogP contribution in [0.2, 0.25) is 0 Å². The number of carbonyl (C=O) groups is 2. The lowest BCUT2D eigenvalue weighted by Crippen LogP contribution is -2.36. The van der Waals surface area contributed by atoms with Crippen LogP contribution in [-0.4, -0.2) is 40.9 Å². The number of benzene rings is 1. The van der Waals surface area contributed by atoms with Gasteiger partial charge in [0.25, 0.3) is 5.91 Å². The third-order valence-corrected chi connectivity index (χ3v) is 9.45. The van der Waals surface area contributed by atoms with E-state index in [4.69, 9.17) is 0 Å². The smallest absolute Gasteiger partial charge is 0.256 e. The van der Waals surface area contributed by atoms with Crippen LogP contribution in [0.1, 0.15) is 69.1 Å². The van der Waals surface area contributed by atoms with Gasteiger partial charge in [0.05, 0.1) is 26.6 Å². The fourth-order valence-electron chi connectivity index (χ4n) is 4.02. The van der Waals surface area contributed by atoms with Crippen LogP contribution in [0.4, 0.5) is 10.8 Å². The van der Waals surface area contributed by atoms with Crippen LogP contribution in [0.5, 0.6) is 0 Å². The molecule has 1 atom stereocenters. The molecule has 0 radical (unpaired) electrons. The second kappa shape index (κ2) is 8.09. The van der Waals surface area contributed by atoms with E-state index in [1.54, 1.807) is 26.8 Å². The number of nitrogens with zero attached hydrogens (tertiary/aromatic N) is 2. The highest BCUT2D eigenvalue weighted by Gasteiger charge is 2.41. The number of aryl methyl sites for hydroxylation is 1. The van der Waals surface area contributed by atoms with Gasteiger partial charge >= 0.3 is 0 Å². The number of hydrogen-bond donors (Lipinski definition) is 2. The Hall–Kier alpha value is -2.46. The summed E-state index contributed by atoms with van der Waals surface area (Å²) in [4.78, 5) is 32.0. The van der Waals surface area contributed by atoms with Gasteiger partial charge in [0.2, 0.25) is 15.9 Å². The molecule has 0 unspecified atom stereocenters. The summed E-state index contributed by atoms with van der Waals surface area (Å²) >= 11 is 1.32. The van der Waals surface area contributed by atoms with Crippen LogP contribution >= 0.6 is 11.3 Å². The van der Waals surface area contributed by atoms with Gasteiger partial charge in [-0.25, -0.2) is 13.4 Å². The Bertz CT molecular complexity index is 1240. The molecule has 0 bridgehead atoms. The molecule has 2 N–H and O–H groups in total. The predicted molar refractivity (Wildman–Crippen MR) is 131 cm³/mol. The highest BCUT2D eigenvalue weighted by atomic mass is 32.2. The van der Waals surface area contributed by atoms with E-state index in [0.717, 1.165) is 34.5 Å². The Morgan fingerprint density at radius 1 is 1.27 bits per heavy atom. The number of fused-ring (bicyclic) bond motifs is 1. The summed E-state index contributed by atoms with van der Waals surface area (Å²) < 4.78 is 27.7. The maximum Gasteiger partial charge on any atom is 0.256 e. The van der Waals surface area contributed by atoms with E-state index in [2.05, 4.69) is 21.9 Å². The summed E-state index contributed by atoms with van der Waals surface area (Å²) in [6.07, 6.45) is 2.23. The third-order valence-electron chi connectivity index (χ3n) is 6.22. The monoisotopic (exact) mass is 490 g/mol. The lowest BCUT2D eigenvalue weighted by molar-refractivity contribution is -0.114. The lowest BCUT2D eigenvalue weighted by Gasteiger charge is -2.24. The van der Waals surface area contributed by atoms with Crippen LogP contribution in [0.25, 0.3) is 10.4 Å². The van der Waals surface area contributed by atoms with Gasteiger partial charge < -0.3 is 10.2 Å². The van der Waals surface area contributed by atoms with Gasteiger partial charge in [-0.1, -0.05) is 11.3 Å². The largest absolute Gasteiger partial charge is 0.331 e. The van der Waals surface area contributed by atoms with Crippen molar-refractivity contribution < 1.29 is 18.0 Å². The first-order valence-corrected chi connectivity index (χ1v) is 13.3. The van der Waals surface area contributed by atoms with Gasteiger partial charge in [0.1, 0.15) is 0 Å². The number of rotatable bonds is 6. The molecule has 2 aromatic rings. The fraction of sp³-hybridized carbons (Fsp3) is 0.522. The normalized spacial score (nSPS) is 17.2. The Labute approximate surface area is 198 Å². The quantitative estimate of drug-likeness (QED) is 0.625. The van der Waals surface area contributed by atoms with E-state index >= 15 is 0 Å². The SMILES string of the molecule is CC(=O)Nc1nc(C)c(-c2cc3c(c(NS(=O)(=O)C(C)(C)C)c2)C(=O)N([C@@H](C)C2CC2)C3)s1. The molecule has 10 heteroatoms. The summed E-state index contributed by atoms with van der Waals surface area (Å²) in [5, 5.41) is 3.18. The maximum absolute atomic E-state index is 13.4. The Balaban J connectivity index is 1.82. The number of amides is 2. The van der Waals surface area contributed by atoms with E-state index in [9.17, 15) is 18.0 Å². The van der Waals surface area contributed by atoms with Crippen LogP contribution in [-0.2, 0) is 21.4 Å². The average Bonchev–Trinajstić information content (AvgIpc) is 3.39. The summed E-state index contributed by atoms with van der Waals surface area (Å²) in [5.74, 6) is 0.155. The van der Waals surface area contributed by atoms with Crippen LogP contribution in [0.15, 0.2) is 12.1 Å². The van der Waals surface area contributed by atoms with Gasteiger partial charge in [0, 0.05) is 19.5 Å². The molecular formula is C23H30N4O4S2. The minimum Gasteiger partial charge on any atom is -0.331 e. The maximum atomic E-state index is 13.4. The number of anilines is 2. The van der Waals surface area contributed by atoms with Crippen molar-refractivity contribution >= 4 is 44.0 Å². The first-order chi connectivity index (χ1) is 15.3. The second-order valence-electron chi connectivity index (χ2n) is 9.90. The number of hydrogen-bond acceptors (Lipinski definition) is 6. The molecule has 0 saturated heterocycles. The zero-order valence-electron chi connectivity index (χ0n) is 19.8. The number of thiazole rings is 1. The van der Waals surface area contributed by atoms with Gasteiger partial charge in [-0.2, -0.15) is 0 Å². The molecule has 1 aromatic carbocycles. The molecule has 33 heavy (non-hydrogen) atoms. The van der Waals surface area contributed by atoms with Gasteiger partial charge in [0.15, 0.2) is 5.13 Å². The van der Waals surface area contributed by atoms with Crippen molar-refractivity contribution in [3.63, 3.8) is 0 Å². The van der Waals surface area contributed by atoms with E-state index < -0.39 is 14.8 Å². The first kappa shape index (κ1) is 23.7. The first-order valence-electron chi connectivity index (χ1n) is 11.0. The van der Waals surface area contributed by atoms with E-state index in [1.165, 1.54) is 18.3 Å². The van der Waals surface area contributed by atoms with Crippen molar-refractivity contribution in [1.29, 1.82) is 0 Å². The zero-order chi connectivity index (χ0) is 24.3. The molecule has 0 spiro atoms. The highest BCUT2D eigenvalue weighted by molar-refractivity contribution is 7.94. The predicted octanol–water partition coefficient (Wildman–Crippen LogP) is 4.37. The van der Waals surface area contributed by atoms with Crippen LogP contribution in [0, 0.1) is 12.8 Å². The molecule has 1 saturated carbocycles. The summed E-state index contributed by atoms with van der Waals surface area (Å²) in [5.41, 5.74) is 3.00. The fourth-order valence-corrected chi connectivity index (χ4v) is 5.77. The van der Waals surface area contributed by atoms with Crippen LogP contribution in [0.3, 0.4) is 0 Å². The number of sulfonamides is 1. The molecular weight excluding hydrogens is 460 g/mol. The van der Waals surface area contributed by atoms with Crippen molar-refractivity contribution in [2.75, 3.05) is 10.0 Å². The minimum absolute atomic E-state index is 0.108. The lowest BCUT2D eigenvalue weighted by atomic mass is 10.0. The Kier molecular flexibility index (Phi) is 5.81. The molecule has 1 aliphatic heterocycles. The second-order valence-corrected chi connectivity index (χ2v) is 13.3. The summed E-state index contributed by atoms with van der Waals surface area (Å²) in [6, 6.07) is 3.76. The number of aromatic nitrogens is 1. The highest BCUT2D eigenvalue weighted by Crippen LogP contribution is 2.43. The molecule has 2 heterocycles. The molecule has 4 rings (SSSR count). The Morgan fingerprint density at radius 2 is 1.94 bits per heavy atom. The molecule has 1 fully saturated rings. The van der Waals surface area contributed by atoms with Crippen molar-refractivity contribution in [2.45, 2.75) is 71.7 Å². The minimum atomic E-state index is -3.75. The van der Waals surface area contributed by atoms with E-state index in [1.807, 2.05) is 17.9 Å². The van der Waals surface area contributed by atoms with Crippen molar-refractivity contribution in [2.24, 2.45) is 5.92 Å². The summed E-state index contributed by atoms with van der Waals surface area (Å²) in [7, 11) is -3.75. The zero-order valence-corrected chi connectivity index (χ0v) is 21.4. The van der Waals surface area contributed by atoms with Gasteiger partial charge in [-0.15, -0.1) is 0 Å². The molecule has 8 nitrogen and oxygen atoms in total. The van der Waals surface area contributed by atoms with E-state index in [0.29, 0.717) is 28.8 Å². The molecule has 178 valence electrons. The number of nitrogens with one attached hydrogen (secondary N) is 2. The van der Waals surface area contributed by atoms with Crippen molar-refractivity contribution in [1.82, 2.24) is 9.88 Å². The van der Waals surface area contributed by atoms with Crippen LogP contribution < -0.4 is 10.0 Å². The Morgan fingerprint density at radius 3 is 2.52 bits per heavy atom. The standard InChI is InChI=1S/C23H30N4O4S2/c1-12-20(32-22(24-12)25-14(3)28)16-9-17-11-27(13(2)15-7-8-15)21(29)19(17)18(10-16)26-33(30,31)23(4,5)6/h9-10,13,15,26H,7-8,11H2,1-6H3,(H,24,25,28)/t13-/m0/s1. The number of carbonyl (C=O) groups excluding carboxylic acids is 2. The topological polar surface area (TPSA) is 108 Å². The van der Waals surface area contributed by atoms with Crippen molar-refractivity contribution in [3.05, 3.63) is 29.0 Å². The summed E-state index contributed by atoms with van der Waals surface area (Å²) in [6.45, 7) is 10.6. The van der Waals surface area contributed by atoms with Gasteiger partial charge in [-0.3, -0.25) is 14.3 Å². The molecule has 2 aliphatic rings. The molecule has 1 aliphatic carbocycles.